The SMILES string of the molecule is C[C@@H](O)C(=O)CC1CCC(c2nc3c(-c4ccc(-c5ccccc5)nc4)cnn3c(N)c2Br)CC1.Nc1c(Br)c(C2CCC(Cc3n[nH]c(=O)o3)CC2)nc2c(-c3ccc(-c4ccccc4)nc3)cnn12.Nc1c(Br)c(C2CCC(N)CC2)nc2c(-c3ccc(-c4ccccc4)nc3)cnn12.Nc1cc(C2CCC(Cc3n[nH]c(=O)o3)CC2)nc2c(-c3ccc(-c4ccccc4)nc3)cnn12. The minimum atomic E-state index is -0.887. The molecule has 690 valence electrons. The fraction of sp³-hybridized carbons (Fsp3) is 0.284. The van der Waals surface area contributed by atoms with E-state index in [1.807, 2.05) is 183 Å². The van der Waals surface area contributed by atoms with Crippen LogP contribution in [0.2, 0.25) is 0 Å². The van der Waals surface area contributed by atoms with E-state index in [1.54, 1.807) is 43.6 Å². The molecular weight excluding hydrogens is 1910 g/mol. The van der Waals surface area contributed by atoms with Crippen LogP contribution in [-0.2, 0) is 17.6 Å². The number of nitrogens with zero attached hydrogens (tertiary/aromatic N) is 18. The molecule has 0 saturated heterocycles. The van der Waals surface area contributed by atoms with Crippen LogP contribution in [0.1, 0.15) is 174 Å². The quantitative estimate of drug-likeness (QED) is 0.0373. The predicted octanol–water partition coefficient (Wildman–Crippen LogP) is 19.4. The Morgan fingerprint density at radius 2 is 0.691 bits per heavy atom. The Morgan fingerprint density at radius 1 is 0.390 bits per heavy atom. The van der Waals surface area contributed by atoms with Crippen molar-refractivity contribution < 1.29 is 18.7 Å². The van der Waals surface area contributed by atoms with Crippen molar-refractivity contribution in [3.63, 3.8) is 0 Å². The van der Waals surface area contributed by atoms with Gasteiger partial charge in [0.05, 0.1) is 78.1 Å². The molecule has 18 aromatic rings. The number of rotatable bonds is 19. The van der Waals surface area contributed by atoms with Gasteiger partial charge in [-0.05, 0) is 199 Å². The van der Waals surface area contributed by atoms with Crippen LogP contribution in [0, 0.1) is 17.8 Å². The Balaban J connectivity index is 0.000000116. The molecule has 0 spiro atoms. The van der Waals surface area contributed by atoms with Gasteiger partial charge in [0.2, 0.25) is 11.8 Å². The Morgan fingerprint density at radius 3 is 0.993 bits per heavy atom. The standard InChI is InChI=1S/C27H28BrN5O2.C26H24BrN7O2.C26H25N7O2.C23H23BrN6/c1-16(34)23(35)13-17-7-9-19(10-8-17)25-24(28)26(29)33-27(32-25)21(15-31-33)20-11-12-22(30-14-20)18-5-3-2-4-6-18;27-22-23(17-8-6-15(7-9-17)12-21-32-33-26(35)36-21)31-25-19(14-30-34(25)24(22)28)18-10-11-20(29-13-18)16-4-2-1-3-5-16;27-23-13-22(18-8-6-16(7-9-18)12-24-31-32-26(34)35-24)30-25-20(15-29-33(23)25)19-10-11-21(28-14-19)17-4-2-1-3-5-17;24-20-21(15-6-9-17(25)10-7-15)29-23-18(13-28-30(23)22(20)26)16-8-11-19(27-12-16)14-4-2-1-3-5-14/h2-6,11-12,14-17,19,34H,7-10,13,29H2,1H3;1-5,10-11,13-15,17H,6-9,12,28H2,(H,33,35);1-5,10-11,13-16,18H,6-9,12,27H2,(H,32,34);1-5,8,11-13,15,17H,6-7,9-10,25-26H2/t16-,17?,19?;;;/m1.../s1. The summed E-state index contributed by atoms with van der Waals surface area (Å²) >= 11 is 11.0. The van der Waals surface area contributed by atoms with E-state index in [9.17, 15) is 19.5 Å². The molecule has 4 fully saturated rings. The molecule has 0 aliphatic heterocycles. The lowest BCUT2D eigenvalue weighted by atomic mass is 9.78. The molecule has 13 N–H and O–H groups in total. The number of carbonyl (C=O) groups is 1. The summed E-state index contributed by atoms with van der Waals surface area (Å²) in [7, 11) is 0. The zero-order chi connectivity index (χ0) is 93.6. The van der Waals surface area contributed by atoms with Crippen molar-refractivity contribution in [3.05, 3.63) is 295 Å². The second kappa shape index (κ2) is 40.7. The van der Waals surface area contributed by atoms with Crippen molar-refractivity contribution in [1.29, 1.82) is 0 Å². The van der Waals surface area contributed by atoms with E-state index >= 15 is 0 Å². The number of pyridine rings is 4. The van der Waals surface area contributed by atoms with Gasteiger partial charge in [-0.15, -0.1) is 10.2 Å². The van der Waals surface area contributed by atoms with E-state index < -0.39 is 17.6 Å². The number of nitrogens with one attached hydrogen (secondary N) is 2. The van der Waals surface area contributed by atoms with Gasteiger partial charge in [-0.3, -0.25) is 24.7 Å². The Kier molecular flexibility index (Phi) is 27.3. The molecule has 0 unspecified atom stereocenters. The van der Waals surface area contributed by atoms with Gasteiger partial charge in [-0.1, -0.05) is 146 Å². The van der Waals surface area contributed by atoms with Crippen molar-refractivity contribution in [3.8, 4) is 89.5 Å². The third-order valence-electron chi connectivity index (χ3n) is 26.8. The predicted molar refractivity (Wildman–Crippen MR) is 534 cm³/mol. The monoisotopic (exact) mass is 2010 g/mol. The molecule has 1 atom stereocenters. The van der Waals surface area contributed by atoms with Crippen LogP contribution in [0.25, 0.3) is 112 Å². The number of hydrogen-bond acceptors (Lipinski definition) is 25. The molecule has 4 aliphatic rings. The average Bonchev–Trinajstić information content (AvgIpc) is 1.61. The summed E-state index contributed by atoms with van der Waals surface area (Å²) < 4.78 is 19.3. The molecule has 0 amide bonds. The topological polar surface area (TPSA) is 457 Å². The average molecular weight is 2010 g/mol. The van der Waals surface area contributed by atoms with Crippen LogP contribution in [0.15, 0.2) is 257 Å². The van der Waals surface area contributed by atoms with E-state index in [-0.39, 0.29) is 17.6 Å². The van der Waals surface area contributed by atoms with Gasteiger partial charge < -0.3 is 42.6 Å². The molecule has 22 rings (SSSR count). The minimum Gasteiger partial charge on any atom is -0.392 e. The molecule has 0 radical (unpaired) electrons. The van der Waals surface area contributed by atoms with E-state index in [2.05, 4.69) is 133 Å². The van der Waals surface area contributed by atoms with Crippen LogP contribution >= 0.6 is 47.8 Å². The smallest absolute Gasteiger partial charge is 0.392 e. The highest BCUT2D eigenvalue weighted by molar-refractivity contribution is 9.11. The molecule has 34 heteroatoms. The lowest BCUT2D eigenvalue weighted by molar-refractivity contribution is -0.127. The van der Waals surface area contributed by atoms with Gasteiger partial charge in [0, 0.05) is 152 Å². The van der Waals surface area contributed by atoms with Crippen molar-refractivity contribution in [2.75, 3.05) is 22.9 Å². The van der Waals surface area contributed by atoms with Gasteiger partial charge >= 0.3 is 11.5 Å². The lowest BCUT2D eigenvalue weighted by Gasteiger charge is -2.29. The Hall–Kier alpha value is -13.9. The highest BCUT2D eigenvalue weighted by Crippen LogP contribution is 2.46. The normalized spacial score (nSPS) is 18.6. The first-order chi connectivity index (χ1) is 66.2. The number of H-pyrrole nitrogens is 2. The first-order valence-corrected chi connectivity index (χ1v) is 48.4. The maximum Gasteiger partial charge on any atom is 0.434 e. The summed E-state index contributed by atoms with van der Waals surface area (Å²) in [6.07, 6.45) is 31.3. The van der Waals surface area contributed by atoms with E-state index in [0.717, 1.165) is 245 Å². The number of aromatic amines is 2. The van der Waals surface area contributed by atoms with E-state index in [1.165, 1.54) is 0 Å². The number of ketones is 1. The van der Waals surface area contributed by atoms with Crippen molar-refractivity contribution in [2.45, 2.75) is 165 Å². The number of aromatic nitrogens is 20. The number of aliphatic hydroxyl groups excluding tert-OH is 1. The number of benzene rings is 4. The van der Waals surface area contributed by atoms with Crippen molar-refractivity contribution in [2.24, 2.45) is 23.5 Å². The number of anilines is 4. The van der Waals surface area contributed by atoms with Gasteiger partial charge in [-0.25, -0.2) is 39.7 Å². The summed E-state index contributed by atoms with van der Waals surface area (Å²) in [5.74, 6) is 4.48. The van der Waals surface area contributed by atoms with Gasteiger partial charge in [0.1, 0.15) is 29.4 Å². The zero-order valence-electron chi connectivity index (χ0n) is 74.6. The van der Waals surface area contributed by atoms with Crippen LogP contribution in [0.5, 0.6) is 0 Å². The van der Waals surface area contributed by atoms with Gasteiger partial charge in [-0.2, -0.15) is 38.5 Å². The van der Waals surface area contributed by atoms with E-state index in [0.29, 0.717) is 95.6 Å². The number of Topliss-reactive ketones (excluding diaryl/α,β-unsaturated/α-hetero) is 1. The molecule has 4 saturated carbocycles. The van der Waals surface area contributed by atoms with E-state index in [4.69, 9.17) is 57.4 Å². The maximum atomic E-state index is 12.0. The summed E-state index contributed by atoms with van der Waals surface area (Å²) in [5.41, 5.74) is 54.1. The number of carbonyl (C=O) groups excluding carboxylic acids is 1. The summed E-state index contributed by atoms with van der Waals surface area (Å²) in [4.78, 5) is 73.1. The van der Waals surface area contributed by atoms with Crippen LogP contribution < -0.4 is 40.2 Å². The Labute approximate surface area is 806 Å². The first-order valence-electron chi connectivity index (χ1n) is 46.0. The molecule has 14 aromatic heterocycles. The van der Waals surface area contributed by atoms with Crippen LogP contribution in [0.4, 0.5) is 23.3 Å². The van der Waals surface area contributed by atoms with Crippen molar-refractivity contribution >= 4 is 99.4 Å². The Bertz CT molecular complexity index is 7350. The zero-order valence-corrected chi connectivity index (χ0v) is 79.3. The van der Waals surface area contributed by atoms with Gasteiger partial charge in [0.15, 0.2) is 28.4 Å². The molecule has 0 bridgehead atoms. The molecule has 4 aliphatic carbocycles. The largest absolute Gasteiger partial charge is 0.434 e. The minimum absolute atomic E-state index is 0.0748. The lowest BCUT2D eigenvalue weighted by Crippen LogP contribution is -2.26. The highest BCUT2D eigenvalue weighted by Gasteiger charge is 2.34. The number of nitrogens with two attached hydrogens (primary N) is 5. The molecule has 14 heterocycles. The molecule has 4 aromatic carbocycles. The number of hydrogen-bond donors (Lipinski definition) is 8. The number of fused-ring (bicyclic) bond motifs is 4. The summed E-state index contributed by atoms with van der Waals surface area (Å²) in [5, 5.41) is 40.1. The third-order valence-corrected chi connectivity index (χ3v) is 29.2. The fourth-order valence-electron chi connectivity index (χ4n) is 19.2. The maximum absolute atomic E-state index is 12.0. The third kappa shape index (κ3) is 20.0. The second-order valence-electron chi connectivity index (χ2n) is 35.6. The number of nitrogen functional groups attached to an aromatic ring is 4. The summed E-state index contributed by atoms with van der Waals surface area (Å²) in [6.45, 7) is 1.54. The second-order valence-corrected chi connectivity index (χ2v) is 38.0. The number of aliphatic hydroxyl groups is 1. The number of halogens is 3. The van der Waals surface area contributed by atoms with Crippen molar-refractivity contribution in [1.82, 2.24) is 98.7 Å². The van der Waals surface area contributed by atoms with Gasteiger partial charge in [0.25, 0.3) is 0 Å². The molecular formula is C102H100Br3N25O6. The van der Waals surface area contributed by atoms with Crippen LogP contribution in [-0.4, -0.2) is 122 Å². The first kappa shape index (κ1) is 91.2. The molecule has 136 heavy (non-hydrogen) atoms. The van der Waals surface area contributed by atoms with Crippen LogP contribution in [0.3, 0.4) is 0 Å². The fourth-order valence-corrected chi connectivity index (χ4v) is 20.9. The highest BCUT2D eigenvalue weighted by atomic mass is 79.9. The summed E-state index contributed by atoms with van der Waals surface area (Å²) in [6, 6.07) is 58.9. The molecule has 31 nitrogen and oxygen atoms in total.